The number of hydrogen-bond donors (Lipinski definition) is 1. The van der Waals surface area contributed by atoms with Crippen LogP contribution in [0.15, 0.2) is 72.0 Å². The van der Waals surface area contributed by atoms with Gasteiger partial charge in [-0.25, -0.2) is 0 Å². The van der Waals surface area contributed by atoms with Crippen molar-refractivity contribution >= 4 is 16.8 Å². The van der Waals surface area contributed by atoms with E-state index in [1.165, 1.54) is 0 Å². The molecule has 2 heterocycles. The predicted octanol–water partition coefficient (Wildman–Crippen LogP) is 3.22. The molecule has 3 heteroatoms. The minimum absolute atomic E-state index is 0.0164. The maximum absolute atomic E-state index is 12.3. The van der Waals surface area contributed by atoms with E-state index in [9.17, 15) is 4.79 Å². The van der Waals surface area contributed by atoms with Gasteiger partial charge in [-0.1, -0.05) is 48.6 Å². The van der Waals surface area contributed by atoms with Gasteiger partial charge in [-0.3, -0.25) is 9.78 Å². The number of nitrogens with one attached hydrogen (secondary N) is 1. The second kappa shape index (κ2) is 4.70. The molecule has 1 amide bonds. The van der Waals surface area contributed by atoms with E-state index in [-0.39, 0.29) is 11.8 Å². The van der Waals surface area contributed by atoms with E-state index in [1.807, 2.05) is 54.6 Å². The lowest BCUT2D eigenvalue weighted by atomic mass is 9.95. The molecule has 2 aliphatic rings. The van der Waals surface area contributed by atoms with Crippen molar-refractivity contribution in [1.29, 1.82) is 0 Å². The average Bonchev–Trinajstić information content (AvgIpc) is 2.68. The normalized spacial score (nSPS) is 20.6. The number of carbonyl (C=O) groups is 1. The van der Waals surface area contributed by atoms with Crippen LogP contribution in [-0.4, -0.2) is 10.9 Å². The highest BCUT2D eigenvalue weighted by Gasteiger charge is 2.33. The van der Waals surface area contributed by atoms with Crippen LogP contribution in [0.4, 0.5) is 0 Å². The fourth-order valence-electron chi connectivity index (χ4n) is 2.93. The Morgan fingerprint density at radius 3 is 2.95 bits per heavy atom. The van der Waals surface area contributed by atoms with Crippen molar-refractivity contribution in [2.45, 2.75) is 12.3 Å². The monoisotopic (exact) mass is 274 g/mol. The summed E-state index contributed by atoms with van der Waals surface area (Å²) in [5, 5.41) is 4.08. The molecule has 1 aromatic carbocycles. The number of hydrogen-bond acceptors (Lipinski definition) is 2. The summed E-state index contributed by atoms with van der Waals surface area (Å²) in [6.45, 7) is 0. The summed E-state index contributed by atoms with van der Waals surface area (Å²) in [4.78, 5) is 17.0. The summed E-state index contributed by atoms with van der Waals surface area (Å²) in [6, 6.07) is 11.9. The maximum Gasteiger partial charge on any atom is 0.237 e. The molecule has 0 spiro atoms. The summed E-state index contributed by atoms with van der Waals surface area (Å²) in [5.74, 6) is -0.288. The zero-order valence-corrected chi connectivity index (χ0v) is 11.4. The summed E-state index contributed by atoms with van der Waals surface area (Å²) in [5.41, 5.74) is 3.76. The Hall–Kier alpha value is -2.68. The molecule has 21 heavy (non-hydrogen) atoms. The summed E-state index contributed by atoms with van der Waals surface area (Å²) >= 11 is 0. The van der Waals surface area contributed by atoms with Gasteiger partial charge < -0.3 is 5.32 Å². The minimum Gasteiger partial charge on any atom is -0.328 e. The van der Waals surface area contributed by atoms with Crippen LogP contribution in [0, 0.1) is 0 Å². The molecule has 0 saturated carbocycles. The standard InChI is InChI=1S/C18H14N2O/c21-18-17(13-7-2-1-3-9-15(13)20-18)16-11-10-12-6-4-5-8-14(12)19-16/h1-8,10-11,17H,9H2,(H,20,21). The van der Waals surface area contributed by atoms with Gasteiger partial charge in [0.15, 0.2) is 0 Å². The molecule has 0 fully saturated rings. The lowest BCUT2D eigenvalue weighted by Crippen LogP contribution is -2.21. The van der Waals surface area contributed by atoms with Crippen molar-refractivity contribution in [2.24, 2.45) is 0 Å². The molecule has 1 aromatic heterocycles. The molecule has 1 N–H and O–H groups in total. The number of benzene rings is 1. The first-order chi connectivity index (χ1) is 10.3. The highest BCUT2D eigenvalue weighted by Crippen LogP contribution is 2.34. The lowest BCUT2D eigenvalue weighted by molar-refractivity contribution is -0.120. The first-order valence-electron chi connectivity index (χ1n) is 7.06. The molecule has 2 aromatic rings. The smallest absolute Gasteiger partial charge is 0.237 e. The fraction of sp³-hybridized carbons (Fsp3) is 0.111. The number of nitrogens with zero attached hydrogens (tertiary/aromatic N) is 1. The molecule has 1 aliphatic carbocycles. The maximum atomic E-state index is 12.3. The van der Waals surface area contributed by atoms with Crippen LogP contribution in [-0.2, 0) is 4.79 Å². The minimum atomic E-state index is -0.305. The molecule has 0 radical (unpaired) electrons. The molecule has 102 valence electrons. The van der Waals surface area contributed by atoms with E-state index < -0.39 is 0 Å². The molecule has 1 unspecified atom stereocenters. The second-order valence-electron chi connectivity index (χ2n) is 5.28. The molecule has 1 aliphatic heterocycles. The van der Waals surface area contributed by atoms with E-state index in [0.717, 1.165) is 34.3 Å². The zero-order chi connectivity index (χ0) is 14.2. The van der Waals surface area contributed by atoms with Gasteiger partial charge in [-0.15, -0.1) is 0 Å². The third kappa shape index (κ3) is 1.98. The van der Waals surface area contributed by atoms with Crippen LogP contribution in [0.1, 0.15) is 18.0 Å². The topological polar surface area (TPSA) is 42.0 Å². The van der Waals surface area contributed by atoms with E-state index in [0.29, 0.717) is 0 Å². The van der Waals surface area contributed by atoms with Crippen molar-refractivity contribution in [3.05, 3.63) is 77.7 Å². The fourth-order valence-corrected chi connectivity index (χ4v) is 2.93. The van der Waals surface area contributed by atoms with Gasteiger partial charge in [0.2, 0.25) is 5.91 Å². The molecular weight excluding hydrogens is 260 g/mol. The van der Waals surface area contributed by atoms with Gasteiger partial charge in [0.05, 0.1) is 11.2 Å². The van der Waals surface area contributed by atoms with E-state index in [2.05, 4.69) is 16.4 Å². The van der Waals surface area contributed by atoms with Crippen molar-refractivity contribution in [1.82, 2.24) is 10.3 Å². The Morgan fingerprint density at radius 1 is 1.10 bits per heavy atom. The molecule has 0 bridgehead atoms. The third-order valence-corrected chi connectivity index (χ3v) is 3.96. The first kappa shape index (κ1) is 12.1. The molecule has 3 nitrogen and oxygen atoms in total. The van der Waals surface area contributed by atoms with Crippen molar-refractivity contribution in [3.8, 4) is 0 Å². The van der Waals surface area contributed by atoms with Crippen molar-refractivity contribution < 1.29 is 4.79 Å². The van der Waals surface area contributed by atoms with Gasteiger partial charge in [-0.05, 0) is 17.7 Å². The van der Waals surface area contributed by atoms with Crippen LogP contribution in [0.25, 0.3) is 10.9 Å². The van der Waals surface area contributed by atoms with Gasteiger partial charge in [0, 0.05) is 17.5 Å². The molecular formula is C18H14N2O. The summed E-state index contributed by atoms with van der Waals surface area (Å²) < 4.78 is 0. The van der Waals surface area contributed by atoms with E-state index >= 15 is 0 Å². The zero-order valence-electron chi connectivity index (χ0n) is 11.4. The van der Waals surface area contributed by atoms with Gasteiger partial charge in [-0.2, -0.15) is 0 Å². The Kier molecular flexibility index (Phi) is 2.71. The van der Waals surface area contributed by atoms with Crippen LogP contribution < -0.4 is 5.32 Å². The predicted molar refractivity (Wildman–Crippen MR) is 82.5 cm³/mol. The number of pyridine rings is 1. The van der Waals surface area contributed by atoms with Gasteiger partial charge in [0.1, 0.15) is 5.92 Å². The van der Waals surface area contributed by atoms with Crippen LogP contribution in [0.5, 0.6) is 0 Å². The summed E-state index contributed by atoms with van der Waals surface area (Å²) in [6.07, 6.45) is 8.82. The number of fused-ring (bicyclic) bond motifs is 1. The van der Waals surface area contributed by atoms with E-state index in [1.54, 1.807) is 0 Å². The second-order valence-corrected chi connectivity index (χ2v) is 5.28. The highest BCUT2D eigenvalue weighted by atomic mass is 16.2. The Morgan fingerprint density at radius 2 is 2.00 bits per heavy atom. The van der Waals surface area contributed by atoms with Gasteiger partial charge in [0.25, 0.3) is 0 Å². The highest BCUT2D eigenvalue weighted by molar-refractivity contribution is 5.93. The Bertz CT molecular complexity index is 830. The first-order valence-corrected chi connectivity index (χ1v) is 7.06. The van der Waals surface area contributed by atoms with Crippen LogP contribution in [0.2, 0.25) is 0 Å². The number of carbonyl (C=O) groups excluding carboxylic acids is 1. The van der Waals surface area contributed by atoms with Crippen LogP contribution >= 0.6 is 0 Å². The number of aromatic nitrogens is 1. The quantitative estimate of drug-likeness (QED) is 0.867. The van der Waals surface area contributed by atoms with Crippen LogP contribution in [0.3, 0.4) is 0 Å². The third-order valence-electron chi connectivity index (χ3n) is 3.96. The molecule has 0 saturated heterocycles. The number of amides is 1. The Labute approximate surface area is 122 Å². The molecule has 1 atom stereocenters. The van der Waals surface area contributed by atoms with E-state index in [4.69, 9.17) is 0 Å². The number of para-hydroxylation sites is 1. The number of allylic oxidation sites excluding steroid dienone is 4. The lowest BCUT2D eigenvalue weighted by Gasteiger charge is -2.10. The Balaban J connectivity index is 1.83. The average molecular weight is 274 g/mol. The largest absolute Gasteiger partial charge is 0.328 e. The van der Waals surface area contributed by atoms with Gasteiger partial charge >= 0.3 is 0 Å². The molecule has 4 rings (SSSR count). The number of rotatable bonds is 1. The summed E-state index contributed by atoms with van der Waals surface area (Å²) in [7, 11) is 0. The van der Waals surface area contributed by atoms with Crippen molar-refractivity contribution in [3.63, 3.8) is 0 Å². The van der Waals surface area contributed by atoms with Crippen molar-refractivity contribution in [2.75, 3.05) is 0 Å². The SMILES string of the molecule is O=C1NC2=C(C=CC=CC2)C1c1ccc2ccccc2n1.